The number of hydrogen-bond donors (Lipinski definition) is 2. The summed E-state index contributed by atoms with van der Waals surface area (Å²) in [6.45, 7) is 2.86. The van der Waals surface area contributed by atoms with Gasteiger partial charge in [-0.3, -0.25) is 9.78 Å². The molecule has 0 aliphatic carbocycles. The van der Waals surface area contributed by atoms with Gasteiger partial charge >= 0.3 is 0 Å². The zero-order chi connectivity index (χ0) is 16.8. The van der Waals surface area contributed by atoms with Gasteiger partial charge < -0.3 is 15.4 Å². The summed E-state index contributed by atoms with van der Waals surface area (Å²) < 4.78 is 5.17. The Balaban J connectivity index is 1.61. The van der Waals surface area contributed by atoms with E-state index >= 15 is 0 Å². The highest BCUT2D eigenvalue weighted by Gasteiger charge is 2.14. The molecule has 1 aromatic carbocycles. The number of hydrogen-bond acceptors (Lipinski definition) is 4. The van der Waals surface area contributed by atoms with Crippen LogP contribution in [0.3, 0.4) is 0 Å². The topological polar surface area (TPSA) is 63.2 Å². The quantitative estimate of drug-likeness (QED) is 0.856. The summed E-state index contributed by atoms with van der Waals surface area (Å²) in [5.41, 5.74) is 2.52. The Morgan fingerprint density at radius 3 is 2.83 bits per heavy atom. The second-order valence-electron chi connectivity index (χ2n) is 6.09. The van der Waals surface area contributed by atoms with Crippen LogP contribution in [-0.4, -0.2) is 37.6 Å². The van der Waals surface area contributed by atoms with Crippen LogP contribution in [0.5, 0.6) is 5.75 Å². The summed E-state index contributed by atoms with van der Waals surface area (Å²) >= 11 is 0. The molecular formula is C19H23N3O2. The van der Waals surface area contributed by atoms with Gasteiger partial charge in [0.2, 0.25) is 0 Å². The predicted octanol–water partition coefficient (Wildman–Crippen LogP) is 2.49. The molecule has 1 aromatic heterocycles. The van der Waals surface area contributed by atoms with Gasteiger partial charge in [0, 0.05) is 24.5 Å². The standard InChI is InChI=1S/C19H23N3O2/c1-24-18-4-2-15(3-5-18)16-10-17(13-21-12-16)19(23)22-9-7-14-6-8-20-11-14/h2-5,10,12-14,20H,6-9,11H2,1H3,(H,22,23). The monoisotopic (exact) mass is 325 g/mol. The molecule has 1 unspecified atom stereocenters. The summed E-state index contributed by atoms with van der Waals surface area (Å²) in [6, 6.07) is 9.60. The minimum atomic E-state index is -0.0659. The molecule has 1 aliphatic heterocycles. The zero-order valence-electron chi connectivity index (χ0n) is 13.9. The molecule has 126 valence electrons. The molecule has 5 heteroatoms. The lowest BCUT2D eigenvalue weighted by Gasteiger charge is -2.10. The van der Waals surface area contributed by atoms with Crippen molar-refractivity contribution in [1.29, 1.82) is 0 Å². The number of ether oxygens (including phenoxy) is 1. The molecule has 5 nitrogen and oxygen atoms in total. The third kappa shape index (κ3) is 4.11. The van der Waals surface area contributed by atoms with Crippen LogP contribution in [0.25, 0.3) is 11.1 Å². The lowest BCUT2D eigenvalue weighted by Crippen LogP contribution is -2.26. The van der Waals surface area contributed by atoms with Gasteiger partial charge in [-0.2, -0.15) is 0 Å². The Morgan fingerprint density at radius 2 is 2.12 bits per heavy atom. The number of rotatable bonds is 6. The fraction of sp³-hybridized carbons (Fsp3) is 0.368. The third-order valence-corrected chi connectivity index (χ3v) is 4.42. The van der Waals surface area contributed by atoms with Gasteiger partial charge in [0.1, 0.15) is 5.75 Å². The highest BCUT2D eigenvalue weighted by molar-refractivity contribution is 5.95. The molecule has 0 bridgehead atoms. The summed E-state index contributed by atoms with van der Waals surface area (Å²) in [4.78, 5) is 16.5. The van der Waals surface area contributed by atoms with E-state index in [-0.39, 0.29) is 5.91 Å². The van der Waals surface area contributed by atoms with Crippen LogP contribution in [0.15, 0.2) is 42.7 Å². The van der Waals surface area contributed by atoms with Gasteiger partial charge in [0.05, 0.1) is 12.7 Å². The van der Waals surface area contributed by atoms with Gasteiger partial charge in [-0.05, 0) is 55.6 Å². The van der Waals surface area contributed by atoms with Crippen molar-refractivity contribution >= 4 is 5.91 Å². The fourth-order valence-corrected chi connectivity index (χ4v) is 2.96. The van der Waals surface area contributed by atoms with E-state index in [1.165, 1.54) is 6.42 Å². The van der Waals surface area contributed by atoms with Gasteiger partial charge in [-0.15, -0.1) is 0 Å². The van der Waals surface area contributed by atoms with Gasteiger partial charge in [0.15, 0.2) is 0 Å². The molecule has 0 spiro atoms. The molecule has 0 saturated carbocycles. The smallest absolute Gasteiger partial charge is 0.252 e. The van der Waals surface area contributed by atoms with Crippen molar-refractivity contribution in [2.75, 3.05) is 26.7 Å². The molecule has 1 atom stereocenters. The van der Waals surface area contributed by atoms with E-state index in [0.717, 1.165) is 36.4 Å². The zero-order valence-corrected chi connectivity index (χ0v) is 13.9. The molecule has 3 rings (SSSR count). The first-order chi connectivity index (χ1) is 11.8. The second kappa shape index (κ2) is 7.93. The maximum Gasteiger partial charge on any atom is 0.252 e. The Morgan fingerprint density at radius 1 is 1.29 bits per heavy atom. The van der Waals surface area contributed by atoms with Crippen LogP contribution >= 0.6 is 0 Å². The highest BCUT2D eigenvalue weighted by atomic mass is 16.5. The van der Waals surface area contributed by atoms with Crippen molar-refractivity contribution in [3.05, 3.63) is 48.3 Å². The van der Waals surface area contributed by atoms with Crippen molar-refractivity contribution in [2.24, 2.45) is 5.92 Å². The molecule has 0 radical (unpaired) electrons. The summed E-state index contributed by atoms with van der Waals surface area (Å²) in [5, 5.41) is 6.34. The number of carbonyl (C=O) groups is 1. The first-order valence-electron chi connectivity index (χ1n) is 8.34. The maximum absolute atomic E-state index is 12.3. The maximum atomic E-state index is 12.3. The Hall–Kier alpha value is -2.40. The van der Waals surface area contributed by atoms with E-state index in [4.69, 9.17) is 4.74 Å². The van der Waals surface area contributed by atoms with Crippen LogP contribution in [-0.2, 0) is 0 Å². The molecule has 1 fully saturated rings. The number of pyridine rings is 1. The van der Waals surface area contributed by atoms with Crippen LogP contribution in [0.1, 0.15) is 23.2 Å². The van der Waals surface area contributed by atoms with Crippen molar-refractivity contribution in [2.45, 2.75) is 12.8 Å². The van der Waals surface area contributed by atoms with E-state index < -0.39 is 0 Å². The van der Waals surface area contributed by atoms with E-state index in [1.807, 2.05) is 30.3 Å². The summed E-state index contributed by atoms with van der Waals surface area (Å²) in [7, 11) is 1.64. The fourth-order valence-electron chi connectivity index (χ4n) is 2.96. The summed E-state index contributed by atoms with van der Waals surface area (Å²) in [5.74, 6) is 1.42. The van der Waals surface area contributed by atoms with Crippen molar-refractivity contribution in [1.82, 2.24) is 15.6 Å². The lowest BCUT2D eigenvalue weighted by molar-refractivity contribution is 0.0951. The molecule has 2 N–H and O–H groups in total. The molecule has 1 saturated heterocycles. The third-order valence-electron chi connectivity index (χ3n) is 4.42. The molecule has 2 heterocycles. The number of methoxy groups -OCH3 is 1. The Kier molecular flexibility index (Phi) is 5.43. The molecule has 1 aliphatic rings. The number of nitrogens with one attached hydrogen (secondary N) is 2. The highest BCUT2D eigenvalue weighted by Crippen LogP contribution is 2.22. The van der Waals surface area contributed by atoms with Crippen LogP contribution in [0.4, 0.5) is 0 Å². The van der Waals surface area contributed by atoms with E-state index in [1.54, 1.807) is 19.5 Å². The van der Waals surface area contributed by atoms with Crippen LogP contribution in [0, 0.1) is 5.92 Å². The molecular weight excluding hydrogens is 302 g/mol. The number of aromatic nitrogens is 1. The number of benzene rings is 1. The minimum absolute atomic E-state index is 0.0659. The van der Waals surface area contributed by atoms with Crippen LogP contribution in [0.2, 0.25) is 0 Å². The van der Waals surface area contributed by atoms with Crippen molar-refractivity contribution < 1.29 is 9.53 Å². The largest absolute Gasteiger partial charge is 0.497 e. The van der Waals surface area contributed by atoms with Gasteiger partial charge in [-0.25, -0.2) is 0 Å². The normalized spacial score (nSPS) is 16.8. The molecule has 2 aromatic rings. The number of carbonyl (C=O) groups excluding carboxylic acids is 1. The summed E-state index contributed by atoms with van der Waals surface area (Å²) in [6.07, 6.45) is 5.59. The van der Waals surface area contributed by atoms with Crippen LogP contribution < -0.4 is 15.4 Å². The van der Waals surface area contributed by atoms with E-state index in [2.05, 4.69) is 15.6 Å². The number of nitrogens with zero attached hydrogens (tertiary/aromatic N) is 1. The van der Waals surface area contributed by atoms with Gasteiger partial charge in [-0.1, -0.05) is 12.1 Å². The van der Waals surface area contributed by atoms with E-state index in [0.29, 0.717) is 18.0 Å². The van der Waals surface area contributed by atoms with E-state index in [9.17, 15) is 4.79 Å². The Labute approximate surface area is 142 Å². The first kappa shape index (κ1) is 16.5. The average Bonchev–Trinajstić information content (AvgIpc) is 3.15. The second-order valence-corrected chi connectivity index (χ2v) is 6.09. The van der Waals surface area contributed by atoms with Crippen molar-refractivity contribution in [3.63, 3.8) is 0 Å². The Bertz CT molecular complexity index is 679. The number of amides is 1. The molecule has 24 heavy (non-hydrogen) atoms. The molecule has 1 amide bonds. The van der Waals surface area contributed by atoms with Crippen molar-refractivity contribution in [3.8, 4) is 16.9 Å². The average molecular weight is 325 g/mol. The lowest BCUT2D eigenvalue weighted by atomic mass is 10.0. The minimum Gasteiger partial charge on any atom is -0.497 e. The van der Waals surface area contributed by atoms with Gasteiger partial charge in [0.25, 0.3) is 5.91 Å². The SMILES string of the molecule is COc1ccc(-c2cncc(C(=O)NCCC3CCNC3)c2)cc1. The predicted molar refractivity (Wildman–Crippen MR) is 94.2 cm³/mol. The first-order valence-corrected chi connectivity index (χ1v) is 8.34.